The Labute approximate surface area is 121 Å². The molecule has 1 saturated heterocycles. The van der Waals surface area contributed by atoms with E-state index >= 15 is 0 Å². The van der Waals surface area contributed by atoms with E-state index in [2.05, 4.69) is 23.6 Å². The number of nitrogens with one attached hydrogen (secondary N) is 2. The summed E-state index contributed by atoms with van der Waals surface area (Å²) in [5, 5.41) is 6.40. The lowest BCUT2D eigenvalue weighted by molar-refractivity contribution is -0.120. The van der Waals surface area contributed by atoms with E-state index in [1.165, 1.54) is 5.56 Å². The van der Waals surface area contributed by atoms with Gasteiger partial charge < -0.3 is 10.6 Å². The lowest BCUT2D eigenvalue weighted by atomic mass is 9.98. The number of hydrogen-bond acceptors (Lipinski definition) is 2. The topological polar surface area (TPSA) is 41.1 Å². The highest BCUT2D eigenvalue weighted by Crippen LogP contribution is 2.22. The van der Waals surface area contributed by atoms with Gasteiger partial charge in [-0.1, -0.05) is 25.1 Å². The highest BCUT2D eigenvalue weighted by molar-refractivity contribution is 5.94. The van der Waals surface area contributed by atoms with Gasteiger partial charge in [-0.2, -0.15) is 0 Å². The standard InChI is InChI=1S/C15H22N2O.ClH/c1-3-12-7-4-6-11(2)14(12)17-15(18)13-8-5-9-16-10-13;/h4,6-7,13,16H,3,5,8-10H2,1-2H3,(H,17,18);1H/t13-;/m1./s1. The molecule has 106 valence electrons. The first-order chi connectivity index (χ1) is 8.72. The van der Waals surface area contributed by atoms with E-state index < -0.39 is 0 Å². The van der Waals surface area contributed by atoms with Gasteiger partial charge in [0.2, 0.25) is 5.91 Å². The third-order valence-corrected chi connectivity index (χ3v) is 3.66. The van der Waals surface area contributed by atoms with Crippen molar-refractivity contribution in [3.63, 3.8) is 0 Å². The van der Waals surface area contributed by atoms with E-state index in [-0.39, 0.29) is 24.2 Å². The number of carbonyl (C=O) groups is 1. The quantitative estimate of drug-likeness (QED) is 0.895. The highest BCUT2D eigenvalue weighted by atomic mass is 35.5. The molecule has 1 atom stereocenters. The Hall–Kier alpha value is -1.06. The van der Waals surface area contributed by atoms with Gasteiger partial charge in [0, 0.05) is 12.2 Å². The SMILES string of the molecule is CCc1cccc(C)c1NC(=O)[C@@H]1CCCNC1.Cl. The summed E-state index contributed by atoms with van der Waals surface area (Å²) in [6.45, 7) is 6.01. The number of piperidine rings is 1. The van der Waals surface area contributed by atoms with Crippen LogP contribution in [0.5, 0.6) is 0 Å². The largest absolute Gasteiger partial charge is 0.325 e. The maximum absolute atomic E-state index is 12.2. The Morgan fingerprint density at radius 1 is 1.47 bits per heavy atom. The zero-order valence-corrected chi connectivity index (χ0v) is 12.5. The number of rotatable bonds is 3. The van der Waals surface area contributed by atoms with Crippen LogP contribution in [0.3, 0.4) is 0 Å². The van der Waals surface area contributed by atoms with Crippen molar-refractivity contribution >= 4 is 24.0 Å². The van der Waals surface area contributed by atoms with Crippen molar-refractivity contribution in [2.45, 2.75) is 33.1 Å². The van der Waals surface area contributed by atoms with Crippen molar-refractivity contribution < 1.29 is 4.79 Å². The Morgan fingerprint density at radius 3 is 2.89 bits per heavy atom. The van der Waals surface area contributed by atoms with E-state index in [0.717, 1.165) is 43.6 Å². The number of benzene rings is 1. The molecular weight excluding hydrogens is 260 g/mol. The molecule has 0 aliphatic carbocycles. The summed E-state index contributed by atoms with van der Waals surface area (Å²) in [4.78, 5) is 12.2. The maximum Gasteiger partial charge on any atom is 0.228 e. The molecule has 1 aliphatic heterocycles. The van der Waals surface area contributed by atoms with Gasteiger partial charge in [-0.3, -0.25) is 4.79 Å². The van der Waals surface area contributed by atoms with Crippen LogP contribution in [-0.4, -0.2) is 19.0 Å². The molecule has 19 heavy (non-hydrogen) atoms. The molecule has 0 unspecified atom stereocenters. The fraction of sp³-hybridized carbons (Fsp3) is 0.533. The molecule has 3 nitrogen and oxygen atoms in total. The lowest BCUT2D eigenvalue weighted by Crippen LogP contribution is -2.37. The first kappa shape index (κ1) is 16.0. The molecule has 1 heterocycles. The van der Waals surface area contributed by atoms with Gasteiger partial charge >= 0.3 is 0 Å². The Kier molecular flexibility index (Phi) is 6.32. The van der Waals surface area contributed by atoms with Gasteiger partial charge in [-0.25, -0.2) is 0 Å². The van der Waals surface area contributed by atoms with Crippen LogP contribution in [0.4, 0.5) is 5.69 Å². The molecule has 2 N–H and O–H groups in total. The van der Waals surface area contributed by atoms with Gasteiger partial charge in [0.1, 0.15) is 0 Å². The molecular formula is C15H23ClN2O. The van der Waals surface area contributed by atoms with Crippen LogP contribution in [0.15, 0.2) is 18.2 Å². The minimum Gasteiger partial charge on any atom is -0.325 e. The fourth-order valence-corrected chi connectivity index (χ4v) is 2.50. The number of para-hydroxylation sites is 1. The Balaban J connectivity index is 0.00000180. The summed E-state index contributed by atoms with van der Waals surface area (Å²) in [6, 6.07) is 6.18. The summed E-state index contributed by atoms with van der Waals surface area (Å²) in [6.07, 6.45) is 3.03. The molecule has 0 spiro atoms. The van der Waals surface area contributed by atoms with Crippen molar-refractivity contribution in [3.05, 3.63) is 29.3 Å². The molecule has 0 saturated carbocycles. The second-order valence-electron chi connectivity index (χ2n) is 5.00. The third kappa shape index (κ3) is 3.95. The number of anilines is 1. The predicted octanol–water partition coefficient (Wildman–Crippen LogP) is 2.92. The summed E-state index contributed by atoms with van der Waals surface area (Å²) in [5.41, 5.74) is 3.37. The van der Waals surface area contributed by atoms with Crippen molar-refractivity contribution in [2.24, 2.45) is 5.92 Å². The van der Waals surface area contributed by atoms with Crippen LogP contribution in [-0.2, 0) is 11.2 Å². The molecule has 4 heteroatoms. The molecule has 0 radical (unpaired) electrons. The van der Waals surface area contributed by atoms with E-state index in [4.69, 9.17) is 0 Å². The van der Waals surface area contributed by atoms with Crippen LogP contribution < -0.4 is 10.6 Å². The molecule has 1 aromatic carbocycles. The minimum absolute atomic E-state index is 0. The van der Waals surface area contributed by atoms with E-state index in [1.54, 1.807) is 0 Å². The molecule has 1 amide bonds. The van der Waals surface area contributed by atoms with Gasteiger partial charge in [-0.05, 0) is 43.9 Å². The smallest absolute Gasteiger partial charge is 0.228 e. The summed E-state index contributed by atoms with van der Waals surface area (Å²) < 4.78 is 0. The number of aryl methyl sites for hydroxylation is 2. The molecule has 1 aliphatic rings. The van der Waals surface area contributed by atoms with E-state index in [9.17, 15) is 4.79 Å². The molecule has 0 aromatic heterocycles. The van der Waals surface area contributed by atoms with Crippen LogP contribution >= 0.6 is 12.4 Å². The number of halogens is 1. The van der Waals surface area contributed by atoms with Crippen molar-refractivity contribution in [2.75, 3.05) is 18.4 Å². The average Bonchev–Trinajstić information content (AvgIpc) is 2.42. The monoisotopic (exact) mass is 282 g/mol. The fourth-order valence-electron chi connectivity index (χ4n) is 2.50. The third-order valence-electron chi connectivity index (χ3n) is 3.66. The molecule has 0 bridgehead atoms. The Morgan fingerprint density at radius 2 is 2.26 bits per heavy atom. The number of hydrogen-bond donors (Lipinski definition) is 2. The summed E-state index contributed by atoms with van der Waals surface area (Å²) in [5.74, 6) is 0.272. The summed E-state index contributed by atoms with van der Waals surface area (Å²) in [7, 11) is 0. The van der Waals surface area contributed by atoms with Gasteiger partial charge in [0.25, 0.3) is 0 Å². The minimum atomic E-state index is 0. The van der Waals surface area contributed by atoms with Crippen LogP contribution in [0.25, 0.3) is 0 Å². The van der Waals surface area contributed by atoms with Crippen molar-refractivity contribution in [3.8, 4) is 0 Å². The average molecular weight is 283 g/mol. The maximum atomic E-state index is 12.2. The number of carbonyl (C=O) groups excluding carboxylic acids is 1. The van der Waals surface area contributed by atoms with E-state index in [1.807, 2.05) is 19.1 Å². The highest BCUT2D eigenvalue weighted by Gasteiger charge is 2.21. The van der Waals surface area contributed by atoms with E-state index in [0.29, 0.717) is 0 Å². The van der Waals surface area contributed by atoms with Gasteiger partial charge in [0.05, 0.1) is 5.92 Å². The Bertz CT molecular complexity index is 428. The number of amides is 1. The molecule has 2 rings (SSSR count). The zero-order chi connectivity index (χ0) is 13.0. The van der Waals surface area contributed by atoms with Crippen LogP contribution in [0.2, 0.25) is 0 Å². The van der Waals surface area contributed by atoms with Crippen molar-refractivity contribution in [1.29, 1.82) is 0 Å². The summed E-state index contributed by atoms with van der Waals surface area (Å²) >= 11 is 0. The predicted molar refractivity (Wildman–Crippen MR) is 82.0 cm³/mol. The second kappa shape index (κ2) is 7.51. The second-order valence-corrected chi connectivity index (χ2v) is 5.00. The molecule has 1 aromatic rings. The van der Waals surface area contributed by atoms with Gasteiger partial charge in [-0.15, -0.1) is 12.4 Å². The van der Waals surface area contributed by atoms with Crippen LogP contribution in [0.1, 0.15) is 30.9 Å². The molecule has 1 fully saturated rings. The first-order valence-electron chi connectivity index (χ1n) is 6.82. The zero-order valence-electron chi connectivity index (χ0n) is 11.7. The normalized spacial score (nSPS) is 18.5. The lowest BCUT2D eigenvalue weighted by Gasteiger charge is -2.23. The van der Waals surface area contributed by atoms with Gasteiger partial charge in [0.15, 0.2) is 0 Å². The van der Waals surface area contributed by atoms with Crippen molar-refractivity contribution in [1.82, 2.24) is 5.32 Å². The van der Waals surface area contributed by atoms with Crippen LogP contribution in [0, 0.1) is 12.8 Å². The first-order valence-corrected chi connectivity index (χ1v) is 6.82.